The van der Waals surface area contributed by atoms with Crippen LogP contribution in [0, 0.1) is 0 Å². The summed E-state index contributed by atoms with van der Waals surface area (Å²) in [6, 6.07) is 15.3. The molecule has 0 saturated heterocycles. The quantitative estimate of drug-likeness (QED) is 0.696. The van der Waals surface area contributed by atoms with Crippen LogP contribution in [0.4, 0.5) is 10.5 Å². The first-order valence-corrected chi connectivity index (χ1v) is 9.88. The van der Waals surface area contributed by atoms with Gasteiger partial charge in [0.1, 0.15) is 5.60 Å². The van der Waals surface area contributed by atoms with Crippen LogP contribution in [0.15, 0.2) is 54.6 Å². The average molecular weight is 410 g/mol. The zero-order chi connectivity index (χ0) is 21.7. The van der Waals surface area contributed by atoms with Gasteiger partial charge in [0.25, 0.3) is 5.91 Å². The van der Waals surface area contributed by atoms with Gasteiger partial charge in [0.05, 0.1) is 5.56 Å². The molecule has 0 bridgehead atoms. The minimum absolute atomic E-state index is 0.142. The van der Waals surface area contributed by atoms with Crippen molar-refractivity contribution >= 4 is 23.7 Å². The Bertz CT molecular complexity index is 917. The summed E-state index contributed by atoms with van der Waals surface area (Å²) in [6.45, 7) is 5.28. The highest BCUT2D eigenvalue weighted by molar-refractivity contribution is 5.94. The molecular weight excluding hydrogens is 384 g/mol. The van der Waals surface area contributed by atoms with Crippen LogP contribution in [0.5, 0.6) is 0 Å². The Morgan fingerprint density at radius 2 is 1.70 bits per heavy atom. The Morgan fingerprint density at radius 1 is 1.00 bits per heavy atom. The molecule has 30 heavy (non-hydrogen) atoms. The fraction of sp³-hybridized carbons (Fsp3) is 0.348. The highest BCUT2D eigenvalue weighted by Gasteiger charge is 2.31. The van der Waals surface area contributed by atoms with E-state index in [1.165, 1.54) is 6.07 Å². The summed E-state index contributed by atoms with van der Waals surface area (Å²) in [7, 11) is 0. The highest BCUT2D eigenvalue weighted by atomic mass is 16.6. The van der Waals surface area contributed by atoms with Gasteiger partial charge in [0.2, 0.25) is 6.10 Å². The minimum atomic E-state index is -1.05. The number of benzene rings is 2. The van der Waals surface area contributed by atoms with Crippen LogP contribution in [0.25, 0.3) is 0 Å². The van der Waals surface area contributed by atoms with E-state index < -0.39 is 23.8 Å². The second-order valence-electron chi connectivity index (χ2n) is 8.19. The lowest BCUT2D eigenvalue weighted by atomic mass is 10.1. The Morgan fingerprint density at radius 3 is 2.33 bits per heavy atom. The van der Waals surface area contributed by atoms with Crippen molar-refractivity contribution in [1.82, 2.24) is 5.32 Å². The van der Waals surface area contributed by atoms with Crippen molar-refractivity contribution in [1.29, 1.82) is 0 Å². The number of carbonyl (C=O) groups excluding carboxylic acids is 3. The number of anilines is 1. The van der Waals surface area contributed by atoms with Crippen molar-refractivity contribution in [2.75, 3.05) is 5.32 Å². The molecule has 7 nitrogen and oxygen atoms in total. The second kappa shape index (κ2) is 8.98. The Hall–Kier alpha value is -3.35. The van der Waals surface area contributed by atoms with E-state index in [2.05, 4.69) is 10.6 Å². The first-order chi connectivity index (χ1) is 14.2. The third-order valence-corrected chi connectivity index (χ3v) is 4.23. The van der Waals surface area contributed by atoms with Crippen LogP contribution in [0.1, 0.15) is 55.6 Å². The van der Waals surface area contributed by atoms with E-state index in [9.17, 15) is 14.4 Å². The van der Waals surface area contributed by atoms with Gasteiger partial charge in [-0.2, -0.15) is 0 Å². The van der Waals surface area contributed by atoms with Crippen LogP contribution in [0.3, 0.4) is 0 Å². The van der Waals surface area contributed by atoms with Crippen LogP contribution >= 0.6 is 0 Å². The molecule has 158 valence electrons. The molecular formula is C23H26N2O5. The largest absolute Gasteiger partial charge is 0.444 e. The minimum Gasteiger partial charge on any atom is -0.444 e. The fourth-order valence-electron chi connectivity index (χ4n) is 2.73. The monoisotopic (exact) mass is 410 g/mol. The predicted molar refractivity (Wildman–Crippen MR) is 112 cm³/mol. The number of carbonyl (C=O) groups is 3. The molecule has 1 aliphatic rings. The van der Waals surface area contributed by atoms with Crippen molar-refractivity contribution < 1.29 is 23.9 Å². The van der Waals surface area contributed by atoms with Crippen LogP contribution in [0.2, 0.25) is 0 Å². The first-order valence-electron chi connectivity index (χ1n) is 9.88. The predicted octanol–water partition coefficient (Wildman–Crippen LogP) is 4.21. The van der Waals surface area contributed by atoms with E-state index >= 15 is 0 Å². The highest BCUT2D eigenvalue weighted by Crippen LogP contribution is 2.24. The SMILES string of the molecule is CC(C)(C)OC(=O)Nc1cccc(C(=O)O[C@H](C(=O)NC2CC2)c2ccccc2)c1. The van der Waals surface area contributed by atoms with Crippen LogP contribution < -0.4 is 10.6 Å². The molecule has 0 radical (unpaired) electrons. The maximum atomic E-state index is 12.8. The number of rotatable bonds is 6. The summed E-state index contributed by atoms with van der Waals surface area (Å²) in [6.07, 6.45) is 0.180. The Kier molecular flexibility index (Phi) is 6.40. The number of amides is 2. The van der Waals surface area contributed by atoms with E-state index in [1.807, 2.05) is 6.07 Å². The topological polar surface area (TPSA) is 93.7 Å². The Balaban J connectivity index is 1.72. The summed E-state index contributed by atoms with van der Waals surface area (Å²) in [4.78, 5) is 37.4. The van der Waals surface area contributed by atoms with Crippen molar-refractivity contribution in [3.05, 3.63) is 65.7 Å². The molecule has 1 aliphatic carbocycles. The molecule has 2 N–H and O–H groups in total. The number of nitrogens with one attached hydrogen (secondary N) is 2. The molecule has 0 heterocycles. The van der Waals surface area contributed by atoms with E-state index in [0.717, 1.165) is 12.8 Å². The molecule has 3 rings (SSSR count). The van der Waals surface area contributed by atoms with Gasteiger partial charge >= 0.3 is 12.1 Å². The summed E-state index contributed by atoms with van der Waals surface area (Å²) in [5.74, 6) is -1.01. The first kappa shape index (κ1) is 21.4. The zero-order valence-electron chi connectivity index (χ0n) is 17.3. The third kappa shape index (κ3) is 6.34. The summed E-state index contributed by atoms with van der Waals surface area (Å²) in [5, 5.41) is 5.47. The van der Waals surface area contributed by atoms with Crippen LogP contribution in [-0.4, -0.2) is 29.6 Å². The van der Waals surface area contributed by atoms with E-state index in [4.69, 9.17) is 9.47 Å². The molecule has 2 aromatic carbocycles. The average Bonchev–Trinajstić information content (AvgIpc) is 3.49. The van der Waals surface area contributed by atoms with Crippen molar-refractivity contribution in [2.45, 2.75) is 51.4 Å². The fourth-order valence-corrected chi connectivity index (χ4v) is 2.73. The number of esters is 1. The van der Waals surface area contributed by atoms with Crippen molar-refractivity contribution in [2.24, 2.45) is 0 Å². The van der Waals surface area contributed by atoms with E-state index in [0.29, 0.717) is 11.3 Å². The van der Waals surface area contributed by atoms with Crippen molar-refractivity contribution in [3.8, 4) is 0 Å². The number of hydrogen-bond donors (Lipinski definition) is 2. The molecule has 1 atom stereocenters. The molecule has 0 aromatic heterocycles. The molecule has 2 amide bonds. The molecule has 1 saturated carbocycles. The molecule has 0 unspecified atom stereocenters. The summed E-state index contributed by atoms with van der Waals surface area (Å²) in [5.41, 5.74) is 0.548. The third-order valence-electron chi connectivity index (χ3n) is 4.23. The molecule has 1 fully saturated rings. The maximum absolute atomic E-state index is 12.8. The van der Waals surface area contributed by atoms with Crippen molar-refractivity contribution in [3.63, 3.8) is 0 Å². The molecule has 0 aliphatic heterocycles. The number of hydrogen-bond acceptors (Lipinski definition) is 5. The lowest BCUT2D eigenvalue weighted by molar-refractivity contribution is -0.130. The maximum Gasteiger partial charge on any atom is 0.412 e. The normalized spacial score (nSPS) is 14.4. The standard InChI is InChI=1S/C23H26N2O5/c1-23(2,3)30-22(28)25-18-11-7-10-16(14-18)21(27)29-19(15-8-5-4-6-9-15)20(26)24-17-12-13-17/h4-11,14,17,19H,12-13H2,1-3H3,(H,24,26)(H,25,28)/t19-/m0/s1. The summed E-state index contributed by atoms with van der Waals surface area (Å²) >= 11 is 0. The van der Waals surface area contributed by atoms with Gasteiger partial charge < -0.3 is 14.8 Å². The lowest BCUT2D eigenvalue weighted by Gasteiger charge is -2.20. The van der Waals surface area contributed by atoms with Crippen LogP contribution in [-0.2, 0) is 14.3 Å². The molecule has 0 spiro atoms. The van der Waals surface area contributed by atoms with E-state index in [1.54, 1.807) is 63.2 Å². The van der Waals surface area contributed by atoms with Gasteiger partial charge in [-0.3, -0.25) is 10.1 Å². The van der Waals surface area contributed by atoms with Gasteiger partial charge in [-0.25, -0.2) is 9.59 Å². The smallest absolute Gasteiger partial charge is 0.412 e. The van der Waals surface area contributed by atoms with Gasteiger partial charge in [0.15, 0.2) is 0 Å². The van der Waals surface area contributed by atoms with Gasteiger partial charge in [-0.1, -0.05) is 36.4 Å². The Labute approximate surface area is 175 Å². The van der Waals surface area contributed by atoms with Gasteiger partial charge in [0, 0.05) is 17.3 Å². The number of ether oxygens (including phenoxy) is 2. The second-order valence-corrected chi connectivity index (χ2v) is 8.19. The van der Waals surface area contributed by atoms with E-state index in [-0.39, 0.29) is 17.5 Å². The summed E-state index contributed by atoms with van der Waals surface area (Å²) < 4.78 is 10.8. The lowest BCUT2D eigenvalue weighted by Crippen LogP contribution is -2.33. The van der Waals surface area contributed by atoms with Gasteiger partial charge in [-0.15, -0.1) is 0 Å². The molecule has 7 heteroatoms. The molecule has 2 aromatic rings. The zero-order valence-corrected chi connectivity index (χ0v) is 17.3. The van der Waals surface area contributed by atoms with Gasteiger partial charge in [-0.05, 0) is 51.8 Å².